The average molecular weight is 750 g/mol. The highest BCUT2D eigenvalue weighted by Crippen LogP contribution is 2.25. The number of nitrogen functional groups attached to an aromatic ring is 1. The lowest BCUT2D eigenvalue weighted by Crippen LogP contribution is -2.17. The first kappa shape index (κ1) is 37.3. The Hall–Kier alpha value is -5.55. The van der Waals surface area contributed by atoms with E-state index in [0.717, 1.165) is 0 Å². The van der Waals surface area contributed by atoms with E-state index in [1.165, 1.54) is 31.4 Å². The number of anilines is 7. The molecule has 4 rings (SSSR count). The van der Waals surface area contributed by atoms with E-state index < -0.39 is 42.0 Å². The van der Waals surface area contributed by atoms with E-state index >= 15 is 0 Å². The molecule has 2 aromatic heterocycles. The highest BCUT2D eigenvalue weighted by Gasteiger charge is 2.16. The van der Waals surface area contributed by atoms with Crippen LogP contribution in [0.3, 0.4) is 0 Å². The predicted molar refractivity (Wildman–Crippen MR) is 182 cm³/mol. The summed E-state index contributed by atoms with van der Waals surface area (Å²) in [5, 5.41) is 21.6. The second-order valence-corrected chi connectivity index (χ2v) is 13.2. The fourth-order valence-electron chi connectivity index (χ4n) is 3.73. The minimum absolute atomic E-state index is 0.0140. The molecule has 50 heavy (non-hydrogen) atoms. The van der Waals surface area contributed by atoms with Crippen molar-refractivity contribution in [3.63, 3.8) is 0 Å². The summed E-state index contributed by atoms with van der Waals surface area (Å²) in [7, 11) is -7.58. The quantitative estimate of drug-likeness (QED) is 0.0280. The van der Waals surface area contributed by atoms with Crippen molar-refractivity contribution in [3.05, 3.63) is 53.6 Å². The first-order chi connectivity index (χ1) is 23.7. The normalized spacial score (nSPS) is 12.1. The van der Waals surface area contributed by atoms with Gasteiger partial charge in [0.25, 0.3) is 31.3 Å². The Morgan fingerprint density at radius 1 is 0.860 bits per heavy atom. The van der Waals surface area contributed by atoms with Crippen LogP contribution < -0.4 is 31.7 Å². The van der Waals surface area contributed by atoms with Crippen molar-refractivity contribution >= 4 is 84.6 Å². The zero-order valence-electron chi connectivity index (χ0n) is 25.5. The molecular weight excluding hydrogens is 723 g/mol. The number of hydrogen-bond donors (Lipinski definition) is 8. The maximum Gasteiger partial charge on any atom is 0.322 e. The zero-order chi connectivity index (χ0) is 36.3. The summed E-state index contributed by atoms with van der Waals surface area (Å²) in [5.74, 6) is 1.60. The molecule has 24 heteroatoms. The van der Waals surface area contributed by atoms with Gasteiger partial charge in [0, 0.05) is 23.2 Å². The maximum absolute atomic E-state index is 12.2. The Balaban J connectivity index is 1.50. The molecule has 0 saturated heterocycles. The number of benzene rings is 2. The molecule has 2 aromatic carbocycles. The highest BCUT2D eigenvalue weighted by molar-refractivity contribution is 7.86. The van der Waals surface area contributed by atoms with Gasteiger partial charge in [-0.15, -0.1) is 4.33 Å². The molecule has 0 saturated carbocycles. The van der Waals surface area contributed by atoms with E-state index in [1.807, 2.05) is 0 Å². The fraction of sp³-hybridized carbons (Fsp3) is 0.154. The first-order valence-electron chi connectivity index (χ1n) is 13.6. The van der Waals surface area contributed by atoms with Crippen LogP contribution in [0.25, 0.3) is 12.2 Å². The Labute approximate surface area is 286 Å². The first-order valence-corrected chi connectivity index (χ1v) is 17.7. The molecule has 1 atom stereocenters. The smallest absolute Gasteiger partial charge is 0.322 e. The van der Waals surface area contributed by atoms with Crippen molar-refractivity contribution in [2.75, 3.05) is 53.0 Å². The third-order valence-electron chi connectivity index (χ3n) is 5.82. The molecule has 0 aliphatic heterocycles. The number of methoxy groups -OCH3 is 1. The van der Waals surface area contributed by atoms with E-state index in [9.17, 15) is 25.6 Å². The lowest BCUT2D eigenvalue weighted by Gasteiger charge is -2.11. The van der Waals surface area contributed by atoms with Crippen LogP contribution in [0.15, 0.2) is 47.4 Å². The van der Waals surface area contributed by atoms with Crippen LogP contribution >= 0.6 is 0 Å². The van der Waals surface area contributed by atoms with Gasteiger partial charge in [-0.3, -0.25) is 9.11 Å². The summed E-state index contributed by atoms with van der Waals surface area (Å²) in [5.41, 5.74) is 7.18. The topological polar surface area (TPSA) is 316 Å². The predicted octanol–water partition coefficient (Wildman–Crippen LogP) is 1.38. The van der Waals surface area contributed by atoms with Crippen LogP contribution in [0.5, 0.6) is 6.01 Å². The van der Waals surface area contributed by atoms with Crippen molar-refractivity contribution in [2.24, 2.45) is 0 Å². The number of aromatic nitrogens is 6. The molecule has 2 heterocycles. The monoisotopic (exact) mass is 749 g/mol. The number of nitrogens with zero attached hydrogens (tertiary/aromatic N) is 6. The van der Waals surface area contributed by atoms with Crippen LogP contribution in [0.1, 0.15) is 11.1 Å². The average Bonchev–Trinajstić information content (AvgIpc) is 3.05. The minimum atomic E-state index is -4.66. The molecule has 0 aliphatic rings. The summed E-state index contributed by atoms with van der Waals surface area (Å²) < 4.78 is 85.1. The van der Waals surface area contributed by atoms with Gasteiger partial charge in [0.1, 0.15) is 4.90 Å². The van der Waals surface area contributed by atoms with Crippen LogP contribution in [-0.4, -0.2) is 91.3 Å². The second-order valence-electron chi connectivity index (χ2n) is 9.40. The molecule has 0 spiro atoms. The van der Waals surface area contributed by atoms with E-state index in [-0.39, 0.29) is 60.1 Å². The Kier molecular flexibility index (Phi) is 12.5. The molecule has 1 unspecified atom stereocenters. The van der Waals surface area contributed by atoms with Gasteiger partial charge in [0.15, 0.2) is 0 Å². The highest BCUT2D eigenvalue weighted by atomic mass is 32.2. The van der Waals surface area contributed by atoms with Gasteiger partial charge in [0.2, 0.25) is 29.7 Å². The van der Waals surface area contributed by atoms with Gasteiger partial charge in [-0.05, 0) is 35.4 Å². The number of ether oxygens (including phenoxy) is 1. The van der Waals surface area contributed by atoms with Gasteiger partial charge >= 0.3 is 6.01 Å². The molecule has 9 N–H and O–H groups in total. The van der Waals surface area contributed by atoms with Crippen LogP contribution in [0.4, 0.5) is 41.1 Å². The summed E-state index contributed by atoms with van der Waals surface area (Å²) >= 11 is -2.23. The molecule has 0 bridgehead atoms. The molecule has 4 aromatic rings. The van der Waals surface area contributed by atoms with Gasteiger partial charge in [0.05, 0.1) is 19.4 Å². The van der Waals surface area contributed by atoms with Crippen LogP contribution in [0.2, 0.25) is 0 Å². The van der Waals surface area contributed by atoms with E-state index in [4.69, 9.17) is 20.3 Å². The van der Waals surface area contributed by atoms with Crippen molar-refractivity contribution in [1.29, 1.82) is 0 Å². The summed E-state index contributed by atoms with van der Waals surface area (Å²) in [6, 6.07) is 10.8. The third-order valence-corrected chi connectivity index (χ3v) is 7.90. The molecule has 0 radical (unpaired) electrons. The molecule has 264 valence electrons. The van der Waals surface area contributed by atoms with E-state index in [0.29, 0.717) is 11.3 Å². The number of rotatable bonds is 15. The number of nitrogens with one attached hydrogen (secondary N) is 4. The number of nitrogens with two attached hydrogens (primary N) is 1. The summed E-state index contributed by atoms with van der Waals surface area (Å²) in [6.45, 7) is -0.344. The Morgan fingerprint density at radius 3 is 2.16 bits per heavy atom. The second kappa shape index (κ2) is 16.7. The Bertz CT molecular complexity index is 2180. The van der Waals surface area contributed by atoms with Crippen LogP contribution in [0, 0.1) is 11.2 Å². The zero-order valence-corrected chi connectivity index (χ0v) is 28.0. The van der Waals surface area contributed by atoms with Crippen molar-refractivity contribution < 1.29 is 44.5 Å². The van der Waals surface area contributed by atoms with Crippen molar-refractivity contribution in [3.8, 4) is 17.2 Å². The standard InChI is InChI=1S/C26H27N11O10S3/c1-46-26-33-21(27)32-24(37-26)31-19-10-7-17(20(15-19)50(43,44)45)6-3-16-4-8-18(9-5-16)30-25-35-22(28-11-2-13-48(39)47-38)34-23(36-25)29-12-14-49(40,41)42/h3-10,15,38H,11-12,14H2,1H3,(H,40,41,42)(H,43,44,45)(H3,27,31,32,33,37)(H3,28,29,30,34,35,36). The van der Waals surface area contributed by atoms with Gasteiger partial charge in [-0.25, -0.2) is 9.47 Å². The fourth-order valence-corrected chi connectivity index (χ4v) is 5.03. The molecule has 21 nitrogen and oxygen atoms in total. The summed E-state index contributed by atoms with van der Waals surface area (Å²) in [4.78, 5) is 23.7. The third kappa shape index (κ3) is 11.9. The molecule has 0 fully saturated rings. The van der Waals surface area contributed by atoms with Crippen molar-refractivity contribution in [1.82, 2.24) is 29.9 Å². The van der Waals surface area contributed by atoms with E-state index in [1.54, 1.807) is 30.3 Å². The molecular formula is C26H27N11O10S3. The largest absolute Gasteiger partial charge is 0.467 e. The SMILES string of the molecule is COc1nc(N)nc(Nc2ccc(C=Cc3ccc(Nc4nc(NCC#CS(=O)OO)nc(NCCS(=O)(=O)O)n4)cc3)c(S(=O)(=O)O)c2)n1. The van der Waals surface area contributed by atoms with Gasteiger partial charge < -0.3 is 31.7 Å². The maximum atomic E-state index is 12.2. The minimum Gasteiger partial charge on any atom is -0.467 e. The number of hydrogen-bond acceptors (Lipinski definition) is 19. The van der Waals surface area contributed by atoms with Gasteiger partial charge in [-0.1, -0.05) is 36.3 Å². The lowest BCUT2D eigenvalue weighted by atomic mass is 10.1. The lowest BCUT2D eigenvalue weighted by molar-refractivity contribution is -0.122. The summed E-state index contributed by atoms with van der Waals surface area (Å²) in [6.07, 6.45) is 3.09. The van der Waals surface area contributed by atoms with Crippen molar-refractivity contribution in [2.45, 2.75) is 4.90 Å². The van der Waals surface area contributed by atoms with E-state index in [2.05, 4.69) is 66.7 Å². The van der Waals surface area contributed by atoms with Gasteiger partial charge in [-0.2, -0.15) is 46.7 Å². The molecule has 0 aliphatic carbocycles. The Morgan fingerprint density at radius 2 is 1.50 bits per heavy atom. The molecule has 0 amide bonds. The van der Waals surface area contributed by atoms with Crippen LogP contribution in [-0.2, 0) is 35.7 Å².